The number of nitrogens with one attached hydrogen (secondary N) is 1. The third kappa shape index (κ3) is 4.57. The van der Waals surface area contributed by atoms with Crippen molar-refractivity contribution in [2.75, 3.05) is 19.8 Å². The van der Waals surface area contributed by atoms with E-state index in [4.69, 9.17) is 0 Å². The zero-order chi connectivity index (χ0) is 16.2. The highest BCUT2D eigenvalue weighted by Crippen LogP contribution is 2.18. The summed E-state index contributed by atoms with van der Waals surface area (Å²) in [5.74, 6) is 0.919. The number of nitrogens with zero attached hydrogens (tertiary/aromatic N) is 2. The molecule has 2 unspecified atom stereocenters. The minimum atomic E-state index is -0.928. The Labute approximate surface area is 162 Å². The van der Waals surface area contributed by atoms with Crippen LogP contribution in [0.5, 0.6) is 0 Å². The summed E-state index contributed by atoms with van der Waals surface area (Å²) in [5.41, 5.74) is 2.43. The summed E-state index contributed by atoms with van der Waals surface area (Å²) in [6, 6.07) is 18.5. The first kappa shape index (κ1) is 18.9. The van der Waals surface area contributed by atoms with Crippen LogP contribution in [0.25, 0.3) is 0 Å². The van der Waals surface area contributed by atoms with E-state index in [1.165, 1.54) is 11.1 Å². The minimum Gasteiger partial charge on any atom is -0.348 e. The number of hydrogen-bond acceptors (Lipinski definition) is 4. The topological polar surface area (TPSA) is 44.7 Å². The van der Waals surface area contributed by atoms with Crippen LogP contribution in [0.4, 0.5) is 0 Å². The van der Waals surface area contributed by atoms with Crippen molar-refractivity contribution in [1.29, 1.82) is 0 Å². The Bertz CT molecular complexity index is 719. The van der Waals surface area contributed by atoms with Gasteiger partial charge in [-0.3, -0.25) is 9.20 Å². The smallest absolute Gasteiger partial charge is 0.194 e. The number of aliphatic imine (C=N–C) groups is 1. The van der Waals surface area contributed by atoms with Crippen molar-refractivity contribution in [2.45, 2.75) is 17.5 Å². The van der Waals surface area contributed by atoms with Crippen molar-refractivity contribution >= 4 is 40.7 Å². The summed E-state index contributed by atoms with van der Waals surface area (Å²) < 4.78 is 11.4. The number of rotatable bonds is 4. The molecule has 2 aromatic carbocycles. The van der Waals surface area contributed by atoms with E-state index in [0.29, 0.717) is 0 Å². The summed E-state index contributed by atoms with van der Waals surface area (Å²) in [5, 5.41) is 3.48. The van der Waals surface area contributed by atoms with Crippen molar-refractivity contribution in [2.24, 2.45) is 4.99 Å². The predicted molar refractivity (Wildman–Crippen MR) is 110 cm³/mol. The molecule has 0 saturated carbocycles. The molecule has 6 heteroatoms. The Morgan fingerprint density at radius 2 is 1.83 bits per heavy atom. The van der Waals surface area contributed by atoms with Crippen molar-refractivity contribution in [3.63, 3.8) is 0 Å². The zero-order valence-corrected chi connectivity index (χ0v) is 17.0. The maximum absolute atomic E-state index is 11.4. The van der Waals surface area contributed by atoms with E-state index >= 15 is 0 Å². The third-order valence-corrected chi connectivity index (χ3v) is 4.90. The third-order valence-electron chi connectivity index (χ3n) is 3.97. The van der Waals surface area contributed by atoms with Gasteiger partial charge < -0.3 is 10.2 Å². The standard InChI is InChI=1S/C18H21N3OS.HI/c1-21(13-14-8-10-16(11-9-14)23(2)22)18-19-12-17(20-18)15-6-4-3-5-7-15;/h3-11,17H,12-13H2,1-2H3,(H,19,20);1H. The zero-order valence-electron chi connectivity index (χ0n) is 13.8. The summed E-state index contributed by atoms with van der Waals surface area (Å²) in [4.78, 5) is 7.59. The average molecular weight is 455 g/mol. The van der Waals surface area contributed by atoms with E-state index in [0.717, 1.165) is 23.9 Å². The van der Waals surface area contributed by atoms with Crippen molar-refractivity contribution in [3.05, 3.63) is 65.7 Å². The van der Waals surface area contributed by atoms with Gasteiger partial charge >= 0.3 is 0 Å². The van der Waals surface area contributed by atoms with E-state index in [-0.39, 0.29) is 30.0 Å². The first-order valence-corrected chi connectivity index (χ1v) is 9.19. The predicted octanol–water partition coefficient (Wildman–Crippen LogP) is 3.17. The molecule has 2 atom stereocenters. The lowest BCUT2D eigenvalue weighted by atomic mass is 10.1. The van der Waals surface area contributed by atoms with Crippen molar-refractivity contribution in [3.8, 4) is 0 Å². The van der Waals surface area contributed by atoms with Gasteiger partial charge in [-0.15, -0.1) is 24.0 Å². The summed E-state index contributed by atoms with van der Waals surface area (Å²) in [7, 11) is 1.11. The summed E-state index contributed by atoms with van der Waals surface area (Å²) in [6.07, 6.45) is 1.70. The van der Waals surface area contributed by atoms with Gasteiger partial charge in [-0.1, -0.05) is 42.5 Å². The maximum atomic E-state index is 11.4. The Morgan fingerprint density at radius 1 is 1.17 bits per heavy atom. The molecular formula is C18H22IN3OS. The monoisotopic (exact) mass is 455 g/mol. The average Bonchev–Trinajstić information content (AvgIpc) is 3.06. The fourth-order valence-electron chi connectivity index (χ4n) is 2.67. The number of benzene rings is 2. The molecule has 0 saturated heterocycles. The SMILES string of the molecule is CN(Cc1ccc(S(C)=O)cc1)C1=NCC(c2ccccc2)N1.I. The van der Waals surface area contributed by atoms with Crippen LogP contribution < -0.4 is 5.32 Å². The lowest BCUT2D eigenvalue weighted by Crippen LogP contribution is -2.36. The van der Waals surface area contributed by atoms with Gasteiger partial charge in [0.1, 0.15) is 0 Å². The molecule has 1 N–H and O–H groups in total. The van der Waals surface area contributed by atoms with E-state index in [2.05, 4.69) is 39.5 Å². The molecule has 128 valence electrons. The van der Waals surface area contributed by atoms with Crippen molar-refractivity contribution < 1.29 is 4.21 Å². The maximum Gasteiger partial charge on any atom is 0.194 e. The number of halogens is 1. The Hall–Kier alpha value is -1.41. The van der Waals surface area contributed by atoms with Gasteiger partial charge in [0, 0.05) is 35.5 Å². The van der Waals surface area contributed by atoms with E-state index < -0.39 is 10.8 Å². The van der Waals surface area contributed by atoms with Gasteiger partial charge in [0.2, 0.25) is 0 Å². The van der Waals surface area contributed by atoms with E-state index in [1.54, 1.807) is 6.26 Å². The van der Waals surface area contributed by atoms with E-state index in [1.807, 2.05) is 37.4 Å². The van der Waals surface area contributed by atoms with Gasteiger partial charge in [-0.25, -0.2) is 0 Å². The van der Waals surface area contributed by atoms with Gasteiger partial charge in [0.25, 0.3) is 0 Å². The van der Waals surface area contributed by atoms with Gasteiger partial charge in [0.05, 0.1) is 12.6 Å². The molecule has 4 nitrogen and oxygen atoms in total. The molecule has 2 aromatic rings. The minimum absolute atomic E-state index is 0. The molecule has 0 spiro atoms. The Kier molecular flexibility index (Phi) is 6.79. The molecule has 3 rings (SSSR count). The fourth-order valence-corrected chi connectivity index (χ4v) is 3.18. The normalized spacial score (nSPS) is 17.4. The lowest BCUT2D eigenvalue weighted by molar-refractivity contribution is 0.480. The van der Waals surface area contributed by atoms with Crippen LogP contribution in [0.2, 0.25) is 0 Å². The highest BCUT2D eigenvalue weighted by molar-refractivity contribution is 14.0. The quantitative estimate of drug-likeness (QED) is 0.721. The first-order chi connectivity index (χ1) is 11.1. The molecule has 0 aliphatic carbocycles. The van der Waals surface area contributed by atoms with E-state index in [9.17, 15) is 4.21 Å². The van der Waals surface area contributed by atoms with Crippen LogP contribution in [0, 0.1) is 0 Å². The molecule has 0 fully saturated rings. The van der Waals surface area contributed by atoms with Gasteiger partial charge in [0.15, 0.2) is 5.96 Å². The number of hydrogen-bond donors (Lipinski definition) is 1. The second-order valence-corrected chi connectivity index (χ2v) is 7.11. The molecule has 1 heterocycles. The van der Waals surface area contributed by atoms with Crippen LogP contribution in [0.1, 0.15) is 17.2 Å². The molecule has 0 aromatic heterocycles. The van der Waals surface area contributed by atoms with Crippen molar-refractivity contribution in [1.82, 2.24) is 10.2 Å². The molecule has 0 amide bonds. The molecule has 1 aliphatic rings. The molecule has 0 radical (unpaired) electrons. The second-order valence-electron chi connectivity index (χ2n) is 5.73. The van der Waals surface area contributed by atoms with Crippen LogP contribution in [0.3, 0.4) is 0 Å². The largest absolute Gasteiger partial charge is 0.348 e. The highest BCUT2D eigenvalue weighted by Gasteiger charge is 2.21. The summed E-state index contributed by atoms with van der Waals surface area (Å²) in [6.45, 7) is 1.53. The van der Waals surface area contributed by atoms with Crippen LogP contribution in [-0.2, 0) is 17.3 Å². The number of guanidine groups is 1. The van der Waals surface area contributed by atoms with Crippen LogP contribution in [-0.4, -0.2) is 34.9 Å². The highest BCUT2D eigenvalue weighted by atomic mass is 127. The lowest BCUT2D eigenvalue weighted by Gasteiger charge is -2.21. The molecule has 0 bridgehead atoms. The molecule has 1 aliphatic heterocycles. The second kappa shape index (κ2) is 8.62. The fraction of sp³-hybridized carbons (Fsp3) is 0.278. The Balaban J connectivity index is 0.00000208. The van der Waals surface area contributed by atoms with Crippen LogP contribution in [0.15, 0.2) is 64.5 Å². The van der Waals surface area contributed by atoms with Gasteiger partial charge in [-0.2, -0.15) is 0 Å². The van der Waals surface area contributed by atoms with Gasteiger partial charge in [-0.05, 0) is 23.3 Å². The molecule has 24 heavy (non-hydrogen) atoms. The summed E-state index contributed by atoms with van der Waals surface area (Å²) >= 11 is 0. The Morgan fingerprint density at radius 3 is 2.46 bits per heavy atom. The molecular weight excluding hydrogens is 433 g/mol. The first-order valence-electron chi connectivity index (χ1n) is 7.63. The van der Waals surface area contributed by atoms with Crippen LogP contribution >= 0.6 is 24.0 Å².